The number of hydrogen-bond donors (Lipinski definition) is 0. The molecule has 2 aromatic rings. The minimum absolute atomic E-state index is 0.712. The van der Waals surface area contributed by atoms with Gasteiger partial charge in [0, 0.05) is 6.21 Å². The highest BCUT2D eigenvalue weighted by molar-refractivity contribution is 5.85. The number of aryl methyl sites for hydroxylation is 2. The predicted octanol–water partition coefficient (Wildman–Crippen LogP) is 4.07. The Kier molecular flexibility index (Phi) is 4.41. The van der Waals surface area contributed by atoms with E-state index in [1.165, 1.54) is 5.56 Å². The molecule has 0 heterocycles. The third-order valence-electron chi connectivity index (χ3n) is 3.13. The van der Waals surface area contributed by atoms with Gasteiger partial charge >= 0.3 is 0 Å². The van der Waals surface area contributed by atoms with Gasteiger partial charge in [-0.05, 0) is 54.8 Å². The first-order chi connectivity index (χ1) is 9.63. The minimum Gasteiger partial charge on any atom is -0.493 e. The lowest BCUT2D eigenvalue weighted by Crippen LogP contribution is -1.95. The van der Waals surface area contributed by atoms with Crippen molar-refractivity contribution in [1.29, 1.82) is 0 Å². The van der Waals surface area contributed by atoms with Gasteiger partial charge in [0.15, 0.2) is 11.5 Å². The lowest BCUT2D eigenvalue weighted by atomic mass is 10.1. The Hall–Kier alpha value is -2.29. The third kappa shape index (κ3) is 3.18. The van der Waals surface area contributed by atoms with Crippen LogP contribution >= 0.6 is 0 Å². The van der Waals surface area contributed by atoms with Crippen LogP contribution in [0.5, 0.6) is 11.5 Å². The summed E-state index contributed by atoms with van der Waals surface area (Å²) in [5.74, 6) is 1.45. The molecular weight excluding hydrogens is 250 g/mol. The van der Waals surface area contributed by atoms with E-state index in [1.54, 1.807) is 14.2 Å². The fourth-order valence-corrected chi connectivity index (χ4v) is 1.99. The van der Waals surface area contributed by atoms with Crippen LogP contribution in [-0.4, -0.2) is 20.4 Å². The van der Waals surface area contributed by atoms with E-state index in [0.29, 0.717) is 5.75 Å². The Morgan fingerprint density at radius 2 is 1.65 bits per heavy atom. The Bertz CT molecular complexity index is 633. The summed E-state index contributed by atoms with van der Waals surface area (Å²) in [7, 11) is 3.27. The molecule has 0 fully saturated rings. The Labute approximate surface area is 119 Å². The molecule has 0 saturated carbocycles. The van der Waals surface area contributed by atoms with Gasteiger partial charge in [0.25, 0.3) is 0 Å². The van der Waals surface area contributed by atoms with Crippen molar-refractivity contribution in [2.45, 2.75) is 13.8 Å². The summed E-state index contributed by atoms with van der Waals surface area (Å²) in [5, 5.41) is 0. The van der Waals surface area contributed by atoms with Crippen LogP contribution in [0, 0.1) is 13.8 Å². The van der Waals surface area contributed by atoms with E-state index in [1.807, 2.05) is 43.5 Å². The van der Waals surface area contributed by atoms with Gasteiger partial charge in [0.2, 0.25) is 0 Å². The molecule has 0 radical (unpaired) electrons. The van der Waals surface area contributed by atoms with Crippen LogP contribution in [0.25, 0.3) is 0 Å². The standard InChI is InChI=1S/C17H19NO2/c1-12-6-5-7-15(8-12)18-11-14-10-17(20-4)16(19-3)9-13(14)2/h5-11H,1-4H3. The summed E-state index contributed by atoms with van der Waals surface area (Å²) in [6.45, 7) is 4.08. The van der Waals surface area contributed by atoms with E-state index in [-0.39, 0.29) is 0 Å². The molecule has 20 heavy (non-hydrogen) atoms. The molecule has 0 aliphatic carbocycles. The molecule has 0 bridgehead atoms. The van der Waals surface area contributed by atoms with Crippen molar-refractivity contribution in [3.8, 4) is 11.5 Å². The fourth-order valence-electron chi connectivity index (χ4n) is 1.99. The van der Waals surface area contributed by atoms with E-state index >= 15 is 0 Å². The Balaban J connectivity index is 2.33. The third-order valence-corrected chi connectivity index (χ3v) is 3.13. The lowest BCUT2D eigenvalue weighted by Gasteiger charge is -2.10. The van der Waals surface area contributed by atoms with Crippen LogP contribution in [0.4, 0.5) is 5.69 Å². The molecule has 0 amide bonds. The summed E-state index contributed by atoms with van der Waals surface area (Å²) in [4.78, 5) is 4.51. The average Bonchev–Trinajstić information content (AvgIpc) is 2.45. The van der Waals surface area contributed by atoms with Crippen molar-refractivity contribution >= 4 is 11.9 Å². The maximum atomic E-state index is 5.32. The number of rotatable bonds is 4. The second kappa shape index (κ2) is 6.24. The zero-order valence-corrected chi connectivity index (χ0v) is 12.3. The molecule has 0 unspecified atom stereocenters. The maximum absolute atomic E-state index is 5.32. The van der Waals surface area contributed by atoms with Crippen LogP contribution in [0.3, 0.4) is 0 Å². The zero-order valence-electron chi connectivity index (χ0n) is 12.3. The van der Waals surface area contributed by atoms with Crippen LogP contribution in [0.1, 0.15) is 16.7 Å². The zero-order chi connectivity index (χ0) is 14.5. The van der Waals surface area contributed by atoms with E-state index in [2.05, 4.69) is 18.0 Å². The summed E-state index contributed by atoms with van der Waals surface area (Å²) in [6, 6.07) is 12.0. The largest absolute Gasteiger partial charge is 0.493 e. The molecule has 0 spiro atoms. The van der Waals surface area contributed by atoms with E-state index < -0.39 is 0 Å². The number of nitrogens with zero attached hydrogens (tertiary/aromatic N) is 1. The second-order valence-electron chi connectivity index (χ2n) is 4.66. The van der Waals surface area contributed by atoms with Gasteiger partial charge < -0.3 is 9.47 Å². The highest BCUT2D eigenvalue weighted by Gasteiger charge is 2.06. The molecular formula is C17H19NO2. The summed E-state index contributed by atoms with van der Waals surface area (Å²) in [6.07, 6.45) is 1.85. The number of hydrogen-bond acceptors (Lipinski definition) is 3. The SMILES string of the molecule is COc1cc(C)c(C=Nc2cccc(C)c2)cc1OC. The maximum Gasteiger partial charge on any atom is 0.161 e. The molecule has 0 aromatic heterocycles. The normalized spacial score (nSPS) is 10.8. The van der Waals surface area contributed by atoms with Gasteiger partial charge in [-0.25, -0.2) is 0 Å². The molecule has 104 valence electrons. The highest BCUT2D eigenvalue weighted by atomic mass is 16.5. The van der Waals surface area contributed by atoms with E-state index in [9.17, 15) is 0 Å². The smallest absolute Gasteiger partial charge is 0.161 e. The van der Waals surface area contributed by atoms with Gasteiger partial charge in [0.1, 0.15) is 0 Å². The highest BCUT2D eigenvalue weighted by Crippen LogP contribution is 2.29. The molecule has 0 aliphatic heterocycles. The van der Waals surface area contributed by atoms with Crippen molar-refractivity contribution in [3.05, 3.63) is 53.1 Å². The predicted molar refractivity (Wildman–Crippen MR) is 82.7 cm³/mol. The van der Waals surface area contributed by atoms with Crippen molar-refractivity contribution in [3.63, 3.8) is 0 Å². The Morgan fingerprint density at radius 1 is 0.950 bits per heavy atom. The van der Waals surface area contributed by atoms with Gasteiger partial charge in [-0.15, -0.1) is 0 Å². The second-order valence-corrected chi connectivity index (χ2v) is 4.66. The van der Waals surface area contributed by atoms with Gasteiger partial charge in [-0.2, -0.15) is 0 Å². The number of benzene rings is 2. The van der Waals surface area contributed by atoms with Crippen LogP contribution in [0.2, 0.25) is 0 Å². The first kappa shape index (κ1) is 14.1. The molecule has 0 aliphatic rings. The molecule has 2 rings (SSSR count). The molecule has 0 N–H and O–H groups in total. The molecule has 2 aromatic carbocycles. The summed E-state index contributed by atoms with van der Waals surface area (Å²) >= 11 is 0. The first-order valence-corrected chi connectivity index (χ1v) is 6.47. The number of aliphatic imine (C=N–C) groups is 1. The van der Waals surface area contributed by atoms with Crippen molar-refractivity contribution in [2.24, 2.45) is 4.99 Å². The quantitative estimate of drug-likeness (QED) is 0.783. The number of ether oxygens (including phenoxy) is 2. The van der Waals surface area contributed by atoms with Crippen molar-refractivity contribution in [2.75, 3.05) is 14.2 Å². The number of methoxy groups -OCH3 is 2. The van der Waals surface area contributed by atoms with Crippen LogP contribution in [-0.2, 0) is 0 Å². The minimum atomic E-state index is 0.712. The molecule has 0 atom stereocenters. The van der Waals surface area contributed by atoms with E-state index in [0.717, 1.165) is 22.6 Å². The lowest BCUT2D eigenvalue weighted by molar-refractivity contribution is 0.354. The fraction of sp³-hybridized carbons (Fsp3) is 0.235. The monoisotopic (exact) mass is 269 g/mol. The van der Waals surface area contributed by atoms with Crippen molar-refractivity contribution in [1.82, 2.24) is 0 Å². The van der Waals surface area contributed by atoms with Crippen LogP contribution in [0.15, 0.2) is 41.4 Å². The average molecular weight is 269 g/mol. The summed E-state index contributed by atoms with van der Waals surface area (Å²) in [5.41, 5.74) is 4.26. The van der Waals surface area contributed by atoms with Crippen molar-refractivity contribution < 1.29 is 9.47 Å². The summed E-state index contributed by atoms with van der Waals surface area (Å²) < 4.78 is 10.6. The first-order valence-electron chi connectivity index (χ1n) is 6.47. The Morgan fingerprint density at radius 3 is 2.30 bits per heavy atom. The topological polar surface area (TPSA) is 30.8 Å². The molecule has 3 heteroatoms. The molecule has 3 nitrogen and oxygen atoms in total. The van der Waals surface area contributed by atoms with E-state index in [4.69, 9.17) is 9.47 Å². The van der Waals surface area contributed by atoms with Gasteiger partial charge in [-0.3, -0.25) is 4.99 Å². The van der Waals surface area contributed by atoms with Crippen LogP contribution < -0.4 is 9.47 Å². The van der Waals surface area contributed by atoms with Gasteiger partial charge in [-0.1, -0.05) is 12.1 Å². The molecule has 0 saturated heterocycles. The van der Waals surface area contributed by atoms with Gasteiger partial charge in [0.05, 0.1) is 19.9 Å².